The van der Waals surface area contributed by atoms with E-state index in [0.717, 1.165) is 50.8 Å². The molecule has 1 heterocycles. The SMILES string of the molecule is c1ccc(-c2ccc(N(c3ccc4c(c3)oc3ccccc34)c3ccc(-c4cccc5c4-c4ccc(-c6ccccc6)cc4C54C5CC6CC(C5)CC4C6)c4ccccc34)cc2)cc1. The van der Waals surface area contributed by atoms with Gasteiger partial charge in [0.2, 0.25) is 0 Å². The Morgan fingerprint density at radius 2 is 0.969 bits per heavy atom. The van der Waals surface area contributed by atoms with Gasteiger partial charge >= 0.3 is 0 Å². The molecule has 306 valence electrons. The maximum atomic E-state index is 6.52. The first-order chi connectivity index (χ1) is 31.7. The number of furan rings is 1. The summed E-state index contributed by atoms with van der Waals surface area (Å²) in [5.41, 5.74) is 19.0. The van der Waals surface area contributed by atoms with E-state index in [4.69, 9.17) is 4.42 Å². The van der Waals surface area contributed by atoms with Crippen molar-refractivity contribution in [3.05, 3.63) is 211 Å². The third-order valence-electron chi connectivity index (χ3n) is 16.1. The smallest absolute Gasteiger partial charge is 0.137 e. The van der Waals surface area contributed by atoms with Gasteiger partial charge in [-0.05, 0) is 159 Å². The Morgan fingerprint density at radius 1 is 0.375 bits per heavy atom. The van der Waals surface area contributed by atoms with Crippen LogP contribution in [0.4, 0.5) is 17.1 Å². The fourth-order valence-electron chi connectivity index (χ4n) is 13.7. The van der Waals surface area contributed by atoms with Crippen LogP contribution in [0.1, 0.15) is 43.2 Å². The molecule has 0 atom stereocenters. The summed E-state index contributed by atoms with van der Waals surface area (Å²) in [5, 5.41) is 4.75. The monoisotopic (exact) mass is 821 g/mol. The van der Waals surface area contributed by atoms with Gasteiger partial charge < -0.3 is 9.32 Å². The van der Waals surface area contributed by atoms with Crippen molar-refractivity contribution in [2.75, 3.05) is 4.90 Å². The molecule has 9 aromatic carbocycles. The molecule has 5 aliphatic rings. The number of benzene rings is 9. The second kappa shape index (κ2) is 13.9. The van der Waals surface area contributed by atoms with E-state index in [0.29, 0.717) is 11.8 Å². The van der Waals surface area contributed by atoms with Crippen LogP contribution in [0.2, 0.25) is 0 Å². The minimum Gasteiger partial charge on any atom is -0.456 e. The summed E-state index contributed by atoms with van der Waals surface area (Å²) >= 11 is 0. The third kappa shape index (κ3) is 5.26. The predicted molar refractivity (Wildman–Crippen MR) is 265 cm³/mol. The van der Waals surface area contributed by atoms with Gasteiger partial charge in [0.25, 0.3) is 0 Å². The van der Waals surface area contributed by atoms with Crippen LogP contribution in [0.25, 0.3) is 77.2 Å². The summed E-state index contributed by atoms with van der Waals surface area (Å²) in [5.74, 6) is 3.16. The highest BCUT2D eigenvalue weighted by Crippen LogP contribution is 2.70. The average molecular weight is 822 g/mol. The minimum atomic E-state index is 0.0621. The molecule has 2 heteroatoms. The zero-order chi connectivity index (χ0) is 41.9. The molecule has 0 aliphatic heterocycles. The van der Waals surface area contributed by atoms with Crippen molar-refractivity contribution in [3.8, 4) is 44.5 Å². The summed E-state index contributed by atoms with van der Waals surface area (Å²) < 4.78 is 6.52. The number of para-hydroxylation sites is 1. The Labute approximate surface area is 374 Å². The van der Waals surface area contributed by atoms with Gasteiger partial charge in [-0.25, -0.2) is 0 Å². The Kier molecular flexibility index (Phi) is 7.90. The molecule has 0 radical (unpaired) electrons. The summed E-state index contributed by atoms with van der Waals surface area (Å²) in [6.07, 6.45) is 6.92. The second-order valence-corrected chi connectivity index (χ2v) is 19.2. The van der Waals surface area contributed by atoms with Gasteiger partial charge in [-0.3, -0.25) is 0 Å². The highest BCUT2D eigenvalue weighted by Gasteiger charge is 2.61. The maximum absolute atomic E-state index is 6.52. The second-order valence-electron chi connectivity index (χ2n) is 19.2. The highest BCUT2D eigenvalue weighted by atomic mass is 16.3. The van der Waals surface area contributed by atoms with Crippen LogP contribution >= 0.6 is 0 Å². The van der Waals surface area contributed by atoms with E-state index in [1.165, 1.54) is 87.4 Å². The number of anilines is 3. The van der Waals surface area contributed by atoms with Gasteiger partial charge in [-0.2, -0.15) is 0 Å². The molecule has 15 rings (SSSR count). The van der Waals surface area contributed by atoms with Gasteiger partial charge in [0, 0.05) is 39.0 Å². The zero-order valence-corrected chi connectivity index (χ0v) is 35.8. The topological polar surface area (TPSA) is 16.4 Å². The van der Waals surface area contributed by atoms with Crippen molar-refractivity contribution >= 4 is 49.8 Å². The van der Waals surface area contributed by atoms with E-state index in [9.17, 15) is 0 Å². The normalized spacial score (nSPS) is 21.5. The van der Waals surface area contributed by atoms with Crippen LogP contribution < -0.4 is 4.90 Å². The fourth-order valence-corrected chi connectivity index (χ4v) is 13.7. The molecule has 0 amide bonds. The van der Waals surface area contributed by atoms with E-state index in [2.05, 4.69) is 199 Å². The first kappa shape index (κ1) is 36.3. The molecule has 2 nitrogen and oxygen atoms in total. The molecule has 0 unspecified atom stereocenters. The molecule has 4 fully saturated rings. The first-order valence-corrected chi connectivity index (χ1v) is 23.4. The highest BCUT2D eigenvalue weighted by molar-refractivity contribution is 6.10. The summed E-state index contributed by atoms with van der Waals surface area (Å²) in [6, 6.07) is 74.5. The van der Waals surface area contributed by atoms with Crippen LogP contribution in [0.5, 0.6) is 0 Å². The molecule has 10 aromatic rings. The van der Waals surface area contributed by atoms with E-state index in [1.54, 1.807) is 11.1 Å². The summed E-state index contributed by atoms with van der Waals surface area (Å²) in [7, 11) is 0. The molecule has 4 saturated carbocycles. The quantitative estimate of drug-likeness (QED) is 0.166. The van der Waals surface area contributed by atoms with Gasteiger partial charge in [0.1, 0.15) is 11.2 Å². The lowest BCUT2D eigenvalue weighted by atomic mass is 9.43. The number of rotatable bonds is 6. The molecular formula is C62H47NO. The van der Waals surface area contributed by atoms with Gasteiger partial charge in [0.15, 0.2) is 0 Å². The van der Waals surface area contributed by atoms with Crippen LogP contribution in [0.15, 0.2) is 205 Å². The Bertz CT molecular complexity index is 3420. The van der Waals surface area contributed by atoms with Crippen LogP contribution in [0, 0.1) is 23.7 Å². The molecule has 5 aliphatic carbocycles. The Morgan fingerprint density at radius 3 is 1.72 bits per heavy atom. The van der Waals surface area contributed by atoms with Crippen molar-refractivity contribution < 1.29 is 4.42 Å². The van der Waals surface area contributed by atoms with Gasteiger partial charge in [-0.1, -0.05) is 152 Å². The number of fused-ring (bicyclic) bond motifs is 7. The van der Waals surface area contributed by atoms with Crippen molar-refractivity contribution in [1.82, 2.24) is 0 Å². The van der Waals surface area contributed by atoms with Crippen molar-refractivity contribution in [2.24, 2.45) is 23.7 Å². The molecular weight excluding hydrogens is 775 g/mol. The number of nitrogens with zero attached hydrogens (tertiary/aromatic N) is 1. The lowest BCUT2D eigenvalue weighted by Crippen LogP contribution is -2.55. The summed E-state index contributed by atoms with van der Waals surface area (Å²) in [4.78, 5) is 2.42. The largest absolute Gasteiger partial charge is 0.456 e. The first-order valence-electron chi connectivity index (χ1n) is 23.4. The lowest BCUT2D eigenvalue weighted by Gasteiger charge is -2.61. The molecule has 0 N–H and O–H groups in total. The summed E-state index contributed by atoms with van der Waals surface area (Å²) in [6.45, 7) is 0. The van der Waals surface area contributed by atoms with E-state index < -0.39 is 0 Å². The molecule has 1 spiro atoms. The third-order valence-corrected chi connectivity index (χ3v) is 16.1. The van der Waals surface area contributed by atoms with E-state index in [1.807, 2.05) is 6.07 Å². The van der Waals surface area contributed by atoms with Crippen molar-refractivity contribution in [2.45, 2.75) is 37.5 Å². The zero-order valence-electron chi connectivity index (χ0n) is 35.8. The molecule has 64 heavy (non-hydrogen) atoms. The number of hydrogen-bond donors (Lipinski definition) is 0. The molecule has 4 bridgehead atoms. The Hall–Kier alpha value is -7.16. The standard InChI is InChI=1S/C62H47NO/c1-3-12-41(13-4-1)43-22-25-47(26-23-43)63(48-27-29-53-52-18-9-10-21-59(52)64-60(53)38-48)58-31-30-50(49-16-7-8-17-51(49)58)54-19-11-20-56-61(54)55-28-24-44(42-14-5-2-6-15-42)37-57(55)62(56)45-33-39-32-40(35-45)36-46(62)34-39/h1-31,37-40,45-46H,32-36H2. The minimum absolute atomic E-state index is 0.0621. The van der Waals surface area contributed by atoms with Crippen molar-refractivity contribution in [1.29, 1.82) is 0 Å². The predicted octanol–water partition coefficient (Wildman–Crippen LogP) is 16.9. The van der Waals surface area contributed by atoms with E-state index in [-0.39, 0.29) is 5.41 Å². The van der Waals surface area contributed by atoms with Crippen LogP contribution in [-0.4, -0.2) is 0 Å². The molecule has 0 saturated heterocycles. The lowest BCUT2D eigenvalue weighted by molar-refractivity contribution is -0.0399. The Balaban J connectivity index is 0.966. The van der Waals surface area contributed by atoms with E-state index >= 15 is 0 Å². The fraction of sp³-hybridized carbons (Fsp3) is 0.161. The maximum Gasteiger partial charge on any atom is 0.137 e. The van der Waals surface area contributed by atoms with Crippen LogP contribution in [-0.2, 0) is 5.41 Å². The van der Waals surface area contributed by atoms with Crippen molar-refractivity contribution in [3.63, 3.8) is 0 Å². The van der Waals surface area contributed by atoms with Gasteiger partial charge in [-0.15, -0.1) is 0 Å². The molecule has 1 aromatic heterocycles. The van der Waals surface area contributed by atoms with Crippen LogP contribution in [0.3, 0.4) is 0 Å². The number of hydrogen-bond acceptors (Lipinski definition) is 2. The van der Waals surface area contributed by atoms with Gasteiger partial charge in [0.05, 0.1) is 5.69 Å². The average Bonchev–Trinajstić information content (AvgIpc) is 3.87.